The lowest BCUT2D eigenvalue weighted by molar-refractivity contribution is 0.0664. The molecule has 0 aliphatic carbocycles. The van der Waals surface area contributed by atoms with Crippen molar-refractivity contribution in [3.63, 3.8) is 0 Å². The van der Waals surface area contributed by atoms with Crippen molar-refractivity contribution in [3.05, 3.63) is 48.1 Å². The molecular formula is C14H10O4. The monoisotopic (exact) mass is 242 g/mol. The van der Waals surface area contributed by atoms with Gasteiger partial charge in [-0.3, -0.25) is 0 Å². The molecule has 0 spiro atoms. The zero-order valence-corrected chi connectivity index (χ0v) is 9.64. The predicted molar refractivity (Wildman–Crippen MR) is 65.6 cm³/mol. The molecule has 0 bridgehead atoms. The van der Waals surface area contributed by atoms with Crippen molar-refractivity contribution in [2.24, 2.45) is 0 Å². The van der Waals surface area contributed by atoms with Gasteiger partial charge in [0.05, 0.1) is 12.5 Å². The Kier molecular flexibility index (Phi) is 2.23. The van der Waals surface area contributed by atoms with E-state index in [-0.39, 0.29) is 5.76 Å². The second-order valence-electron chi connectivity index (χ2n) is 4.05. The van der Waals surface area contributed by atoms with Gasteiger partial charge in [0.2, 0.25) is 5.76 Å². The third kappa shape index (κ3) is 1.43. The van der Waals surface area contributed by atoms with E-state index in [1.807, 2.05) is 18.2 Å². The van der Waals surface area contributed by atoms with Crippen molar-refractivity contribution in [2.45, 2.75) is 6.92 Å². The third-order valence-electron chi connectivity index (χ3n) is 2.98. The fraction of sp³-hybridized carbons (Fsp3) is 0.0714. The van der Waals surface area contributed by atoms with Crippen molar-refractivity contribution in [3.8, 4) is 11.1 Å². The molecule has 0 saturated carbocycles. The molecule has 0 atom stereocenters. The van der Waals surface area contributed by atoms with Crippen LogP contribution < -0.4 is 0 Å². The largest absolute Gasteiger partial charge is 0.475 e. The van der Waals surface area contributed by atoms with Crippen LogP contribution in [0.3, 0.4) is 0 Å². The number of aryl methyl sites for hydroxylation is 1. The van der Waals surface area contributed by atoms with E-state index in [0.717, 1.165) is 16.5 Å². The molecule has 3 rings (SSSR count). The first-order chi connectivity index (χ1) is 8.68. The standard InChI is InChI=1S/C14H10O4/c1-8-12-10(9-5-6-17-7-9)3-2-4-11(12)18-13(8)14(15)16/h2-7H,1H3,(H,15,16). The number of aromatic carboxylic acids is 1. The first-order valence-corrected chi connectivity index (χ1v) is 5.46. The molecule has 2 aromatic heterocycles. The Bertz CT molecular complexity index is 720. The second kappa shape index (κ2) is 3.77. The number of carbonyl (C=O) groups is 1. The normalized spacial score (nSPS) is 10.9. The summed E-state index contributed by atoms with van der Waals surface area (Å²) >= 11 is 0. The summed E-state index contributed by atoms with van der Waals surface area (Å²) in [5, 5.41) is 9.89. The predicted octanol–water partition coefficient (Wildman–Crippen LogP) is 3.70. The molecule has 2 heterocycles. The van der Waals surface area contributed by atoms with E-state index in [1.165, 1.54) is 0 Å². The van der Waals surface area contributed by atoms with E-state index in [4.69, 9.17) is 13.9 Å². The van der Waals surface area contributed by atoms with Gasteiger partial charge in [-0.05, 0) is 24.6 Å². The number of furan rings is 2. The summed E-state index contributed by atoms with van der Waals surface area (Å²) in [6.45, 7) is 1.75. The molecule has 90 valence electrons. The minimum atomic E-state index is -1.05. The van der Waals surface area contributed by atoms with Crippen LogP contribution >= 0.6 is 0 Å². The number of carboxylic acids is 1. The van der Waals surface area contributed by atoms with Crippen LogP contribution in [-0.4, -0.2) is 11.1 Å². The van der Waals surface area contributed by atoms with Crippen LogP contribution in [0.5, 0.6) is 0 Å². The Hall–Kier alpha value is -2.49. The molecule has 4 heteroatoms. The highest BCUT2D eigenvalue weighted by Crippen LogP contribution is 2.34. The third-order valence-corrected chi connectivity index (χ3v) is 2.98. The van der Waals surface area contributed by atoms with Gasteiger partial charge >= 0.3 is 5.97 Å². The van der Waals surface area contributed by atoms with Gasteiger partial charge in [0.15, 0.2) is 0 Å². The summed E-state index contributed by atoms with van der Waals surface area (Å²) in [6, 6.07) is 7.35. The molecule has 18 heavy (non-hydrogen) atoms. The van der Waals surface area contributed by atoms with Crippen molar-refractivity contribution in [1.29, 1.82) is 0 Å². The minimum Gasteiger partial charge on any atom is -0.475 e. The Morgan fingerprint density at radius 1 is 1.28 bits per heavy atom. The van der Waals surface area contributed by atoms with E-state index in [2.05, 4.69) is 0 Å². The number of hydrogen-bond donors (Lipinski definition) is 1. The number of fused-ring (bicyclic) bond motifs is 1. The average molecular weight is 242 g/mol. The topological polar surface area (TPSA) is 63.6 Å². The molecule has 1 aromatic carbocycles. The van der Waals surface area contributed by atoms with Gasteiger partial charge < -0.3 is 13.9 Å². The van der Waals surface area contributed by atoms with E-state index in [9.17, 15) is 4.79 Å². The maximum atomic E-state index is 11.1. The van der Waals surface area contributed by atoms with Crippen LogP contribution in [0.1, 0.15) is 16.1 Å². The fourth-order valence-corrected chi connectivity index (χ4v) is 2.17. The van der Waals surface area contributed by atoms with Gasteiger partial charge in [0, 0.05) is 16.5 Å². The van der Waals surface area contributed by atoms with Gasteiger partial charge in [-0.15, -0.1) is 0 Å². The zero-order chi connectivity index (χ0) is 12.7. The van der Waals surface area contributed by atoms with Crippen LogP contribution in [-0.2, 0) is 0 Å². The van der Waals surface area contributed by atoms with Crippen LogP contribution in [0.4, 0.5) is 0 Å². The fourth-order valence-electron chi connectivity index (χ4n) is 2.17. The first kappa shape index (κ1) is 10.7. The average Bonchev–Trinajstić information content (AvgIpc) is 2.97. The molecule has 0 fully saturated rings. The lowest BCUT2D eigenvalue weighted by atomic mass is 10.0. The van der Waals surface area contributed by atoms with Gasteiger partial charge in [0.1, 0.15) is 5.58 Å². The summed E-state index contributed by atoms with van der Waals surface area (Å²) in [5.74, 6) is -1.07. The summed E-state index contributed by atoms with van der Waals surface area (Å²) < 4.78 is 10.4. The molecule has 0 unspecified atom stereocenters. The highest BCUT2D eigenvalue weighted by Gasteiger charge is 2.19. The Morgan fingerprint density at radius 2 is 2.11 bits per heavy atom. The van der Waals surface area contributed by atoms with E-state index < -0.39 is 5.97 Å². The first-order valence-electron chi connectivity index (χ1n) is 5.46. The van der Waals surface area contributed by atoms with E-state index in [0.29, 0.717) is 11.1 Å². The van der Waals surface area contributed by atoms with Crippen molar-refractivity contribution >= 4 is 16.9 Å². The summed E-state index contributed by atoms with van der Waals surface area (Å²) in [5.41, 5.74) is 3.02. The molecule has 0 aliphatic rings. The Balaban J connectivity index is 2.37. The van der Waals surface area contributed by atoms with Gasteiger partial charge in [-0.25, -0.2) is 4.79 Å². The van der Waals surface area contributed by atoms with Gasteiger partial charge in [-0.2, -0.15) is 0 Å². The molecule has 0 aliphatic heterocycles. The van der Waals surface area contributed by atoms with E-state index in [1.54, 1.807) is 25.5 Å². The summed E-state index contributed by atoms with van der Waals surface area (Å²) in [4.78, 5) is 11.1. The summed E-state index contributed by atoms with van der Waals surface area (Å²) in [6.07, 6.45) is 3.21. The van der Waals surface area contributed by atoms with Crippen molar-refractivity contribution < 1.29 is 18.7 Å². The summed E-state index contributed by atoms with van der Waals surface area (Å²) in [7, 11) is 0. The maximum absolute atomic E-state index is 11.1. The highest BCUT2D eigenvalue weighted by atomic mass is 16.4. The molecule has 3 aromatic rings. The number of benzene rings is 1. The lowest BCUT2D eigenvalue weighted by Crippen LogP contribution is -1.95. The van der Waals surface area contributed by atoms with E-state index >= 15 is 0 Å². The van der Waals surface area contributed by atoms with Crippen molar-refractivity contribution in [1.82, 2.24) is 0 Å². The SMILES string of the molecule is Cc1c(C(=O)O)oc2cccc(-c3ccoc3)c12. The van der Waals surface area contributed by atoms with Gasteiger partial charge in [-0.1, -0.05) is 12.1 Å². The second-order valence-corrected chi connectivity index (χ2v) is 4.05. The number of hydrogen-bond acceptors (Lipinski definition) is 3. The number of carboxylic acid groups (broad SMARTS) is 1. The molecule has 0 saturated heterocycles. The smallest absolute Gasteiger partial charge is 0.372 e. The van der Waals surface area contributed by atoms with Gasteiger partial charge in [0.25, 0.3) is 0 Å². The molecule has 0 amide bonds. The quantitative estimate of drug-likeness (QED) is 0.744. The number of rotatable bonds is 2. The van der Waals surface area contributed by atoms with Crippen LogP contribution in [0.25, 0.3) is 22.1 Å². The lowest BCUT2D eigenvalue weighted by Gasteiger charge is -1.99. The molecule has 1 N–H and O–H groups in total. The minimum absolute atomic E-state index is 0.0130. The Labute approximate surface area is 102 Å². The zero-order valence-electron chi connectivity index (χ0n) is 9.64. The highest BCUT2D eigenvalue weighted by molar-refractivity contribution is 6.02. The van der Waals surface area contributed by atoms with Crippen LogP contribution in [0.15, 0.2) is 45.6 Å². The molecule has 4 nitrogen and oxygen atoms in total. The maximum Gasteiger partial charge on any atom is 0.372 e. The van der Waals surface area contributed by atoms with Crippen molar-refractivity contribution in [2.75, 3.05) is 0 Å². The molecule has 0 radical (unpaired) electrons. The molecular weight excluding hydrogens is 232 g/mol. The van der Waals surface area contributed by atoms with Crippen LogP contribution in [0, 0.1) is 6.92 Å². The van der Waals surface area contributed by atoms with Crippen LogP contribution in [0.2, 0.25) is 0 Å². The Morgan fingerprint density at radius 3 is 2.78 bits per heavy atom.